The molecule has 0 aromatic rings. The fraction of sp³-hybridized carbons (Fsp3) is 0. The first-order chi connectivity index (χ1) is 0. The molecule has 0 fully saturated rings. The van der Waals surface area contributed by atoms with E-state index in [1.165, 1.54) is 0 Å². The molecule has 0 saturated carbocycles. The molecule has 0 bridgehead atoms. The van der Waals surface area contributed by atoms with Gasteiger partial charge in [-0.2, -0.15) is 0 Å². The van der Waals surface area contributed by atoms with E-state index in [0.29, 0.717) is 0 Å². The van der Waals surface area contributed by atoms with Crippen LogP contribution >= 0.6 is 0 Å². The van der Waals surface area contributed by atoms with Crippen LogP contribution in [0.2, 0.25) is 0 Å². The van der Waals surface area contributed by atoms with Crippen molar-refractivity contribution in [3.63, 3.8) is 0 Å². The Labute approximate surface area is 126 Å². The molecule has 0 N–H and O–H groups in total. The molecule has 0 atom stereocenters. The van der Waals surface area contributed by atoms with Gasteiger partial charge in [-0.25, -0.2) is 0 Å². The summed E-state index contributed by atoms with van der Waals surface area (Å²) in [6.07, 6.45) is 0. The summed E-state index contributed by atoms with van der Waals surface area (Å²) in [7, 11) is 0. The van der Waals surface area contributed by atoms with Crippen LogP contribution in [-0.2, 0) is 91.1 Å². The van der Waals surface area contributed by atoms with Crippen LogP contribution in [0.4, 0.5) is 0 Å². The Bertz CT molecular complexity index is 11.6. The molecule has 0 aliphatic carbocycles. The summed E-state index contributed by atoms with van der Waals surface area (Å²) in [4.78, 5) is 0. The van der Waals surface area contributed by atoms with Crippen molar-refractivity contribution in [3.8, 4) is 0 Å². The van der Waals surface area contributed by atoms with Crippen LogP contribution in [0.3, 0.4) is 0 Å². The molecule has 5 heavy (non-hydrogen) atoms. The van der Waals surface area contributed by atoms with E-state index in [1.807, 2.05) is 0 Å². The second kappa shape index (κ2) is 24.0. The van der Waals surface area contributed by atoms with Gasteiger partial charge < -0.3 is 0 Å². The molecule has 0 aromatic heterocycles. The molecule has 0 heterocycles. The molecule has 0 amide bonds. The molecular formula is CrDyHfTiZr. The zero-order valence-corrected chi connectivity index (χ0v) is 13.1. The van der Waals surface area contributed by atoms with Gasteiger partial charge in [0.25, 0.3) is 0 Å². The predicted molar refractivity (Wildman–Crippen MR) is 0 cm³/mol. The van der Waals surface area contributed by atoms with Crippen molar-refractivity contribution in [2.24, 2.45) is 0 Å². The van der Waals surface area contributed by atoms with Gasteiger partial charge >= 0.3 is 0 Å². The average Bonchev–Trinajstić information content (AvgIpc) is 0. The molecule has 0 radical (unpaired) electrons. The third kappa shape index (κ3) is 17.8. The van der Waals surface area contributed by atoms with E-state index >= 15 is 0 Å². The first-order valence-electron chi connectivity index (χ1n) is 0. The zero-order valence-electron chi connectivity index (χ0n) is 2.22. The molecule has 0 nitrogen and oxygen atoms in total. The van der Waals surface area contributed by atoms with E-state index in [0.717, 1.165) is 0 Å². The van der Waals surface area contributed by atoms with Crippen LogP contribution in [-0.4, -0.2) is 0 Å². The minimum absolute atomic E-state index is 0. The largest absolute Gasteiger partial charge is 0 e. The number of hydrogen-bond acceptors (Lipinski definition) is 0. The van der Waals surface area contributed by atoms with Crippen molar-refractivity contribution in [2.75, 3.05) is 0 Å². The van der Waals surface area contributed by atoms with Gasteiger partial charge in [-0.05, 0) is 0 Å². The third-order valence-electron chi connectivity index (χ3n) is 0. The van der Waals surface area contributed by atoms with Crippen LogP contribution < -0.4 is 0 Å². The van der Waals surface area contributed by atoms with Gasteiger partial charge in [-0.3, -0.25) is 0 Å². The van der Waals surface area contributed by atoms with Crippen molar-refractivity contribution in [3.05, 3.63) is 0 Å². The maximum atomic E-state index is 0. The molecule has 0 saturated heterocycles. The van der Waals surface area contributed by atoms with E-state index in [-0.39, 0.29) is 129 Å². The van der Waals surface area contributed by atoms with Gasteiger partial charge in [-0.1, -0.05) is 0 Å². The summed E-state index contributed by atoms with van der Waals surface area (Å²) in [5.41, 5.74) is 0. The minimum Gasteiger partial charge on any atom is 0 e. The standard InChI is InChI=1S/Cr.Dy.Hf.Ti.Zr. The normalized spacial score (nSPS) is 0. The first-order valence-corrected chi connectivity index (χ1v) is 0. The summed E-state index contributed by atoms with van der Waals surface area (Å²) in [6, 6.07) is 0. The van der Waals surface area contributed by atoms with E-state index in [9.17, 15) is 0 Å². The topological polar surface area (TPSA) is 0 Å². The summed E-state index contributed by atoms with van der Waals surface area (Å²) in [6.45, 7) is 0. The van der Waals surface area contributed by atoms with E-state index in [4.69, 9.17) is 0 Å². The fourth-order valence-corrected chi connectivity index (χ4v) is 0. The van der Waals surface area contributed by atoms with Crippen molar-refractivity contribution in [1.82, 2.24) is 0 Å². The maximum Gasteiger partial charge on any atom is 0 e. The molecule has 0 aliphatic heterocycles. The molecule has 0 rings (SSSR count). The van der Waals surface area contributed by atoms with Gasteiger partial charge in [0, 0.05) is 129 Å². The minimum atomic E-state index is 0. The van der Waals surface area contributed by atoms with Crippen molar-refractivity contribution in [1.29, 1.82) is 0 Å². The number of hydrogen-bond donors (Lipinski definition) is 0. The molecule has 28 valence electrons. The third-order valence-corrected chi connectivity index (χ3v) is 0. The van der Waals surface area contributed by atoms with E-state index < -0.39 is 0 Å². The smallest absolute Gasteiger partial charge is 0 e. The summed E-state index contributed by atoms with van der Waals surface area (Å²) in [5, 5.41) is 0. The van der Waals surface area contributed by atoms with Gasteiger partial charge in [0.05, 0.1) is 0 Å². The second-order valence-electron chi connectivity index (χ2n) is 0. The Morgan fingerprint density at radius 2 is 1.00 bits per heavy atom. The molecule has 5 heteroatoms. The van der Waals surface area contributed by atoms with Crippen molar-refractivity contribution in [2.45, 2.75) is 0 Å². The first kappa shape index (κ1) is 34.8. The molecular weight excluding hydrogens is 532 g/mol. The van der Waals surface area contributed by atoms with Gasteiger partial charge in [-0.15, -0.1) is 0 Å². The Kier molecular flexibility index (Phi) is 167. The monoisotopic (exact) mass is 534 g/mol. The van der Waals surface area contributed by atoms with Crippen LogP contribution in [0.1, 0.15) is 0 Å². The Balaban J connectivity index is 0. The van der Waals surface area contributed by atoms with Crippen molar-refractivity contribution < 1.29 is 129 Å². The summed E-state index contributed by atoms with van der Waals surface area (Å²) < 4.78 is 0. The van der Waals surface area contributed by atoms with Crippen LogP contribution in [0.5, 0.6) is 0 Å². The van der Waals surface area contributed by atoms with E-state index in [2.05, 4.69) is 0 Å². The van der Waals surface area contributed by atoms with Crippen LogP contribution in [0, 0.1) is 38.2 Å². The summed E-state index contributed by atoms with van der Waals surface area (Å²) >= 11 is 0. The van der Waals surface area contributed by atoms with Crippen LogP contribution in [0.25, 0.3) is 0 Å². The Morgan fingerprint density at radius 1 is 1.00 bits per heavy atom. The summed E-state index contributed by atoms with van der Waals surface area (Å²) in [5.74, 6) is 0. The quantitative estimate of drug-likeness (QED) is 0.386. The van der Waals surface area contributed by atoms with E-state index in [1.54, 1.807) is 0 Å². The molecule has 0 aromatic carbocycles. The maximum absolute atomic E-state index is 0. The Hall–Kier alpha value is 4.27. The molecule has 0 aliphatic rings. The van der Waals surface area contributed by atoms with Gasteiger partial charge in [0.2, 0.25) is 0 Å². The molecule has 0 spiro atoms. The molecule has 0 unspecified atom stereocenters. The predicted octanol–water partition coefficient (Wildman–Crippen LogP) is -0.0100. The number of rotatable bonds is 0. The average molecular weight is 532 g/mol. The Morgan fingerprint density at radius 3 is 1.00 bits per heavy atom. The van der Waals surface area contributed by atoms with Gasteiger partial charge in [0.1, 0.15) is 0 Å². The zero-order chi connectivity index (χ0) is 0. The fourth-order valence-electron chi connectivity index (χ4n) is 0. The van der Waals surface area contributed by atoms with Crippen LogP contribution in [0.15, 0.2) is 0 Å². The van der Waals surface area contributed by atoms with Gasteiger partial charge in [0.15, 0.2) is 0 Å². The SMILES string of the molecule is [Cr].[Dy].[Hf].[Ti].[Zr]. The van der Waals surface area contributed by atoms with Crippen molar-refractivity contribution >= 4 is 0 Å². The second-order valence-corrected chi connectivity index (χ2v) is 0.